The van der Waals surface area contributed by atoms with Gasteiger partial charge in [0.2, 0.25) is 0 Å². The number of rotatable bonds is 6. The van der Waals surface area contributed by atoms with Gasteiger partial charge in [0.05, 0.1) is 7.11 Å². The van der Waals surface area contributed by atoms with Gasteiger partial charge in [-0.15, -0.1) is 6.58 Å². The summed E-state index contributed by atoms with van der Waals surface area (Å²) in [6.45, 7) is 3.65. The Hall–Kier alpha value is -3.04. The van der Waals surface area contributed by atoms with E-state index in [1.165, 1.54) is 13.2 Å². The van der Waals surface area contributed by atoms with Crippen molar-refractivity contribution in [3.63, 3.8) is 0 Å². The number of carbonyl (C=O) groups is 1. The standard InChI is InChI=1S/C20H17BrN2O3/c1-3-4-14-9-13(11-18(26-2)19(14)24)10-15(12-22)20(25)23-17-7-5-16(21)6-8-17/h3,5-11,24H,1,4H2,2H3,(H,23,25)/b15-10+. The lowest BCUT2D eigenvalue weighted by Crippen LogP contribution is -2.13. The summed E-state index contributed by atoms with van der Waals surface area (Å²) in [6, 6.07) is 12.2. The summed E-state index contributed by atoms with van der Waals surface area (Å²) in [4.78, 5) is 12.4. The lowest BCUT2D eigenvalue weighted by molar-refractivity contribution is -0.112. The minimum Gasteiger partial charge on any atom is -0.504 e. The van der Waals surface area contributed by atoms with E-state index < -0.39 is 5.91 Å². The number of halogens is 1. The van der Waals surface area contributed by atoms with Crippen LogP contribution in [0.1, 0.15) is 11.1 Å². The lowest BCUT2D eigenvalue weighted by atomic mass is 10.0. The van der Waals surface area contributed by atoms with Gasteiger partial charge >= 0.3 is 0 Å². The van der Waals surface area contributed by atoms with Crippen molar-refractivity contribution < 1.29 is 14.6 Å². The molecule has 2 aromatic carbocycles. The molecule has 2 N–H and O–H groups in total. The van der Waals surface area contributed by atoms with Gasteiger partial charge in [0, 0.05) is 15.7 Å². The van der Waals surface area contributed by atoms with Crippen LogP contribution in [-0.4, -0.2) is 18.1 Å². The zero-order valence-corrected chi connectivity index (χ0v) is 15.7. The molecule has 6 heteroatoms. The molecule has 0 aliphatic carbocycles. The van der Waals surface area contributed by atoms with Crippen molar-refractivity contribution in [1.29, 1.82) is 5.26 Å². The smallest absolute Gasteiger partial charge is 0.266 e. The highest BCUT2D eigenvalue weighted by Gasteiger charge is 2.13. The largest absolute Gasteiger partial charge is 0.504 e. The maximum atomic E-state index is 12.4. The average Bonchev–Trinajstić information content (AvgIpc) is 2.64. The predicted molar refractivity (Wildman–Crippen MR) is 105 cm³/mol. The van der Waals surface area contributed by atoms with Crippen molar-refractivity contribution in [2.75, 3.05) is 12.4 Å². The molecule has 26 heavy (non-hydrogen) atoms. The van der Waals surface area contributed by atoms with E-state index in [1.54, 1.807) is 42.5 Å². The topological polar surface area (TPSA) is 82.4 Å². The van der Waals surface area contributed by atoms with Crippen molar-refractivity contribution in [2.24, 2.45) is 0 Å². The fourth-order valence-corrected chi connectivity index (χ4v) is 2.55. The Kier molecular flexibility index (Phi) is 6.59. The Bertz CT molecular complexity index is 897. The molecule has 0 fully saturated rings. The van der Waals surface area contributed by atoms with E-state index in [4.69, 9.17) is 4.74 Å². The second-order valence-electron chi connectivity index (χ2n) is 5.35. The molecule has 0 aliphatic heterocycles. The molecular weight excluding hydrogens is 396 g/mol. The summed E-state index contributed by atoms with van der Waals surface area (Å²) in [5, 5.41) is 22.1. The van der Waals surface area contributed by atoms with E-state index >= 15 is 0 Å². The number of nitrogens with zero attached hydrogens (tertiary/aromatic N) is 1. The lowest BCUT2D eigenvalue weighted by Gasteiger charge is -2.10. The highest BCUT2D eigenvalue weighted by molar-refractivity contribution is 9.10. The van der Waals surface area contributed by atoms with Gasteiger partial charge in [0.25, 0.3) is 5.91 Å². The maximum Gasteiger partial charge on any atom is 0.266 e. The number of allylic oxidation sites excluding steroid dienone is 1. The van der Waals surface area contributed by atoms with Gasteiger partial charge in [0.1, 0.15) is 11.6 Å². The molecule has 0 spiro atoms. The molecule has 0 aromatic heterocycles. The van der Waals surface area contributed by atoms with Crippen molar-refractivity contribution >= 4 is 33.6 Å². The zero-order chi connectivity index (χ0) is 19.1. The molecule has 0 saturated heterocycles. The molecule has 132 valence electrons. The van der Waals surface area contributed by atoms with Crippen LogP contribution in [-0.2, 0) is 11.2 Å². The molecule has 5 nitrogen and oxygen atoms in total. The van der Waals surface area contributed by atoms with Gasteiger partial charge in [-0.25, -0.2) is 0 Å². The minimum absolute atomic E-state index is 0.0161. The number of carbonyl (C=O) groups excluding carboxylic acids is 1. The number of phenols is 1. The normalized spacial score (nSPS) is 10.7. The van der Waals surface area contributed by atoms with Crippen LogP contribution in [0.15, 0.2) is 59.1 Å². The van der Waals surface area contributed by atoms with E-state index in [9.17, 15) is 15.2 Å². The quantitative estimate of drug-likeness (QED) is 0.417. The number of nitriles is 1. The number of phenolic OH excluding ortho intramolecular Hbond substituents is 1. The second-order valence-corrected chi connectivity index (χ2v) is 6.27. The molecule has 2 rings (SSSR count). The Labute approximate surface area is 160 Å². The molecular formula is C20H17BrN2O3. The van der Waals surface area contributed by atoms with E-state index in [1.807, 2.05) is 6.07 Å². The van der Waals surface area contributed by atoms with E-state index in [0.29, 0.717) is 23.2 Å². The Morgan fingerprint density at radius 1 is 1.38 bits per heavy atom. The van der Waals surface area contributed by atoms with Gasteiger partial charge in [0.15, 0.2) is 11.5 Å². The number of amides is 1. The molecule has 0 bridgehead atoms. The van der Waals surface area contributed by atoms with Crippen LogP contribution >= 0.6 is 15.9 Å². The third-order valence-corrected chi connectivity index (χ3v) is 4.07. The first-order chi connectivity index (χ1) is 12.5. The molecule has 2 aromatic rings. The summed E-state index contributed by atoms with van der Waals surface area (Å²) >= 11 is 3.32. The summed E-state index contributed by atoms with van der Waals surface area (Å²) in [6.07, 6.45) is 3.52. The summed E-state index contributed by atoms with van der Waals surface area (Å²) in [5.41, 5.74) is 1.68. The van der Waals surface area contributed by atoms with Crippen LogP contribution < -0.4 is 10.1 Å². The second kappa shape index (κ2) is 8.88. The van der Waals surface area contributed by atoms with Crippen LogP contribution in [0.2, 0.25) is 0 Å². The Balaban J connectivity index is 2.34. The number of hydrogen-bond donors (Lipinski definition) is 2. The zero-order valence-electron chi connectivity index (χ0n) is 14.1. The molecule has 0 atom stereocenters. The molecule has 0 heterocycles. The predicted octanol–water partition coefficient (Wildman–Crippen LogP) is 4.44. The average molecular weight is 413 g/mol. The van der Waals surface area contributed by atoms with Crippen molar-refractivity contribution in [3.8, 4) is 17.6 Å². The highest BCUT2D eigenvalue weighted by atomic mass is 79.9. The molecule has 0 saturated carbocycles. The number of hydrogen-bond acceptors (Lipinski definition) is 4. The molecule has 0 radical (unpaired) electrons. The van der Waals surface area contributed by atoms with Crippen LogP contribution in [0.5, 0.6) is 11.5 Å². The molecule has 0 aliphatic rings. The minimum atomic E-state index is -0.521. The monoisotopic (exact) mass is 412 g/mol. The highest BCUT2D eigenvalue weighted by Crippen LogP contribution is 2.32. The first-order valence-corrected chi connectivity index (χ1v) is 8.47. The van der Waals surface area contributed by atoms with Gasteiger partial charge in [-0.2, -0.15) is 5.26 Å². The fourth-order valence-electron chi connectivity index (χ4n) is 2.29. The molecule has 0 unspecified atom stereocenters. The van der Waals surface area contributed by atoms with Gasteiger partial charge in [-0.1, -0.05) is 22.0 Å². The number of benzene rings is 2. The SMILES string of the molecule is C=CCc1cc(/C=C(\C#N)C(=O)Nc2ccc(Br)cc2)cc(OC)c1O. The van der Waals surface area contributed by atoms with E-state index in [0.717, 1.165) is 4.47 Å². The van der Waals surface area contributed by atoms with Crippen LogP contribution in [0.3, 0.4) is 0 Å². The van der Waals surface area contributed by atoms with Crippen LogP contribution in [0.25, 0.3) is 6.08 Å². The molecule has 1 amide bonds. The summed E-state index contributed by atoms with van der Waals surface area (Å²) in [7, 11) is 1.44. The maximum absolute atomic E-state index is 12.4. The fraction of sp³-hybridized carbons (Fsp3) is 0.100. The first kappa shape index (κ1) is 19.3. The number of anilines is 1. The van der Waals surface area contributed by atoms with Gasteiger partial charge in [-0.05, 0) is 54.5 Å². The van der Waals surface area contributed by atoms with Crippen molar-refractivity contribution in [1.82, 2.24) is 0 Å². The number of aromatic hydroxyl groups is 1. The summed E-state index contributed by atoms with van der Waals surface area (Å²) < 4.78 is 6.04. The van der Waals surface area contributed by atoms with Crippen molar-refractivity contribution in [3.05, 3.63) is 70.2 Å². The first-order valence-electron chi connectivity index (χ1n) is 7.68. The van der Waals surface area contributed by atoms with E-state index in [-0.39, 0.29) is 17.1 Å². The van der Waals surface area contributed by atoms with Crippen LogP contribution in [0, 0.1) is 11.3 Å². The van der Waals surface area contributed by atoms with Gasteiger partial charge < -0.3 is 15.2 Å². The summed E-state index contributed by atoms with van der Waals surface area (Å²) in [5.74, 6) is -0.240. The van der Waals surface area contributed by atoms with Crippen molar-refractivity contribution in [2.45, 2.75) is 6.42 Å². The Morgan fingerprint density at radius 3 is 2.65 bits per heavy atom. The Morgan fingerprint density at radius 2 is 2.08 bits per heavy atom. The third kappa shape index (κ3) is 4.74. The van der Waals surface area contributed by atoms with Gasteiger partial charge in [-0.3, -0.25) is 4.79 Å². The third-order valence-electron chi connectivity index (χ3n) is 3.54. The number of methoxy groups -OCH3 is 1. The number of nitrogens with one attached hydrogen (secondary N) is 1. The number of ether oxygens (including phenoxy) is 1. The van der Waals surface area contributed by atoms with Crippen LogP contribution in [0.4, 0.5) is 5.69 Å². The van der Waals surface area contributed by atoms with E-state index in [2.05, 4.69) is 27.8 Å².